The molecular formula is C30H33ClN4O3. The first kappa shape index (κ1) is 26.2. The molecule has 1 N–H and O–H groups in total. The molecular weight excluding hydrogens is 500 g/mol. The van der Waals surface area contributed by atoms with Crippen LogP contribution in [0.25, 0.3) is 16.5 Å². The van der Waals surface area contributed by atoms with E-state index in [-0.39, 0.29) is 11.3 Å². The molecule has 5 rings (SSSR count). The molecule has 1 fully saturated rings. The minimum atomic E-state index is -0.251. The smallest absolute Gasteiger partial charge is 0.274 e. The molecule has 198 valence electrons. The number of benzene rings is 3. The number of morpholine rings is 1. The van der Waals surface area contributed by atoms with Crippen LogP contribution in [-0.2, 0) is 10.2 Å². The summed E-state index contributed by atoms with van der Waals surface area (Å²) in [5.74, 6) is 0.546. The summed E-state index contributed by atoms with van der Waals surface area (Å²) in [6.45, 7) is 11.1. The predicted octanol–water partition coefficient (Wildman–Crippen LogP) is 5.94. The van der Waals surface area contributed by atoms with Gasteiger partial charge in [0.2, 0.25) is 0 Å². The molecule has 38 heavy (non-hydrogen) atoms. The number of fused-ring (bicyclic) bond motifs is 1. The molecule has 0 unspecified atom stereocenters. The van der Waals surface area contributed by atoms with Crippen LogP contribution in [0.2, 0.25) is 5.02 Å². The molecule has 0 spiro atoms. The summed E-state index contributed by atoms with van der Waals surface area (Å²) in [5, 5.41) is 10.3. The maximum Gasteiger partial charge on any atom is 0.274 e. The van der Waals surface area contributed by atoms with E-state index in [2.05, 4.69) is 31.0 Å². The lowest BCUT2D eigenvalue weighted by Crippen LogP contribution is -2.38. The van der Waals surface area contributed by atoms with Crippen molar-refractivity contribution in [2.75, 3.05) is 44.8 Å². The molecule has 0 aliphatic carbocycles. The molecule has 2 heterocycles. The Morgan fingerprint density at radius 3 is 2.53 bits per heavy atom. The summed E-state index contributed by atoms with van der Waals surface area (Å²) in [6, 6.07) is 21.0. The van der Waals surface area contributed by atoms with E-state index < -0.39 is 0 Å². The minimum absolute atomic E-state index is 0.230. The standard InChI is InChI=1S/C30H33ClN4O3/c1-30(2,3)28-20-26(35(33-28)22-8-6-7-21(31)19-22)29(36)32-25-11-12-27(24-10-5-4-9-23(24)25)38-18-15-34-13-16-37-17-14-34/h4-12,19-20H,13-18H2,1-3H3,(H,32,36). The number of hydrogen-bond donors (Lipinski definition) is 1. The summed E-state index contributed by atoms with van der Waals surface area (Å²) in [4.78, 5) is 16.0. The van der Waals surface area contributed by atoms with Crippen LogP contribution in [0.3, 0.4) is 0 Å². The van der Waals surface area contributed by atoms with E-state index in [0.29, 0.717) is 23.0 Å². The third-order valence-corrected chi connectivity index (χ3v) is 6.90. The maximum absolute atomic E-state index is 13.7. The second-order valence-corrected chi connectivity index (χ2v) is 10.9. The van der Waals surface area contributed by atoms with Crippen LogP contribution in [0, 0.1) is 0 Å². The number of nitrogens with one attached hydrogen (secondary N) is 1. The van der Waals surface area contributed by atoms with Gasteiger partial charge in [-0.2, -0.15) is 5.10 Å². The number of aromatic nitrogens is 2. The molecule has 0 bridgehead atoms. The average Bonchev–Trinajstić information content (AvgIpc) is 3.37. The first-order chi connectivity index (χ1) is 18.3. The largest absolute Gasteiger partial charge is 0.492 e. The van der Waals surface area contributed by atoms with Gasteiger partial charge in [-0.05, 0) is 36.4 Å². The van der Waals surface area contributed by atoms with Crippen molar-refractivity contribution < 1.29 is 14.3 Å². The summed E-state index contributed by atoms with van der Waals surface area (Å²) in [6.07, 6.45) is 0. The van der Waals surface area contributed by atoms with Crippen molar-refractivity contribution in [3.05, 3.63) is 83.1 Å². The van der Waals surface area contributed by atoms with Crippen molar-refractivity contribution in [1.29, 1.82) is 0 Å². The van der Waals surface area contributed by atoms with E-state index >= 15 is 0 Å². The number of hydrogen-bond acceptors (Lipinski definition) is 5. The normalized spacial score (nSPS) is 14.5. The number of nitrogens with zero attached hydrogens (tertiary/aromatic N) is 3. The van der Waals surface area contributed by atoms with Crippen molar-refractivity contribution in [2.45, 2.75) is 26.2 Å². The van der Waals surface area contributed by atoms with Gasteiger partial charge in [0, 0.05) is 46.5 Å². The first-order valence-corrected chi connectivity index (χ1v) is 13.3. The molecule has 0 radical (unpaired) electrons. The Morgan fingerprint density at radius 2 is 1.79 bits per heavy atom. The quantitative estimate of drug-likeness (QED) is 0.319. The Hall–Kier alpha value is -3.39. The van der Waals surface area contributed by atoms with Crippen LogP contribution in [0.1, 0.15) is 37.0 Å². The summed E-state index contributed by atoms with van der Waals surface area (Å²) in [7, 11) is 0. The molecule has 7 nitrogen and oxygen atoms in total. The summed E-state index contributed by atoms with van der Waals surface area (Å²) in [5.41, 5.74) is 2.46. The fourth-order valence-corrected chi connectivity index (χ4v) is 4.70. The molecule has 1 amide bonds. The zero-order valence-corrected chi connectivity index (χ0v) is 22.8. The third kappa shape index (κ3) is 5.85. The molecule has 1 aliphatic rings. The molecule has 1 saturated heterocycles. The zero-order chi connectivity index (χ0) is 26.7. The van der Waals surface area contributed by atoms with Crippen LogP contribution < -0.4 is 10.1 Å². The van der Waals surface area contributed by atoms with Crippen molar-refractivity contribution in [3.63, 3.8) is 0 Å². The average molecular weight is 533 g/mol. The Morgan fingerprint density at radius 1 is 1.03 bits per heavy atom. The molecule has 0 atom stereocenters. The van der Waals surface area contributed by atoms with Gasteiger partial charge in [-0.15, -0.1) is 0 Å². The van der Waals surface area contributed by atoms with E-state index in [1.54, 1.807) is 16.8 Å². The van der Waals surface area contributed by atoms with E-state index in [0.717, 1.165) is 60.8 Å². The SMILES string of the molecule is CC(C)(C)c1cc(C(=O)Nc2ccc(OCCN3CCOCC3)c3ccccc23)n(-c2cccc(Cl)c2)n1. The topological polar surface area (TPSA) is 68.6 Å². The van der Waals surface area contributed by atoms with Gasteiger partial charge >= 0.3 is 0 Å². The van der Waals surface area contributed by atoms with E-state index in [9.17, 15) is 4.79 Å². The van der Waals surface area contributed by atoms with E-state index in [1.165, 1.54) is 0 Å². The number of anilines is 1. The fraction of sp³-hybridized carbons (Fsp3) is 0.333. The Balaban J connectivity index is 1.41. The van der Waals surface area contributed by atoms with Gasteiger partial charge in [0.05, 0.1) is 24.6 Å². The van der Waals surface area contributed by atoms with Gasteiger partial charge in [-0.3, -0.25) is 9.69 Å². The summed E-state index contributed by atoms with van der Waals surface area (Å²) >= 11 is 6.25. The number of halogens is 1. The highest BCUT2D eigenvalue weighted by Gasteiger charge is 2.24. The lowest BCUT2D eigenvalue weighted by molar-refractivity contribution is 0.0323. The van der Waals surface area contributed by atoms with Gasteiger partial charge in [0.1, 0.15) is 18.1 Å². The van der Waals surface area contributed by atoms with Crippen molar-refractivity contribution in [1.82, 2.24) is 14.7 Å². The maximum atomic E-state index is 13.7. The van der Waals surface area contributed by atoms with Gasteiger partial charge in [-0.25, -0.2) is 4.68 Å². The van der Waals surface area contributed by atoms with Crippen LogP contribution in [0.15, 0.2) is 66.7 Å². The highest BCUT2D eigenvalue weighted by molar-refractivity contribution is 6.30. The second kappa shape index (κ2) is 11.2. The number of amides is 1. The van der Waals surface area contributed by atoms with Crippen LogP contribution in [-0.4, -0.2) is 60.0 Å². The molecule has 3 aromatic carbocycles. The molecule has 1 aliphatic heterocycles. The van der Waals surface area contributed by atoms with Crippen LogP contribution in [0.5, 0.6) is 5.75 Å². The van der Waals surface area contributed by atoms with Crippen molar-refractivity contribution in [3.8, 4) is 11.4 Å². The van der Waals surface area contributed by atoms with Crippen LogP contribution >= 0.6 is 11.6 Å². The Bertz CT molecular complexity index is 1440. The highest BCUT2D eigenvalue weighted by atomic mass is 35.5. The minimum Gasteiger partial charge on any atom is -0.492 e. The number of carbonyl (C=O) groups is 1. The second-order valence-electron chi connectivity index (χ2n) is 10.5. The number of carbonyl (C=O) groups excluding carboxylic acids is 1. The van der Waals surface area contributed by atoms with E-state index in [4.69, 9.17) is 26.2 Å². The third-order valence-electron chi connectivity index (χ3n) is 6.66. The van der Waals surface area contributed by atoms with Gasteiger partial charge in [0.15, 0.2) is 0 Å². The fourth-order valence-electron chi connectivity index (χ4n) is 4.52. The first-order valence-electron chi connectivity index (χ1n) is 12.9. The predicted molar refractivity (Wildman–Crippen MR) is 152 cm³/mol. The van der Waals surface area contributed by atoms with E-state index in [1.807, 2.05) is 54.6 Å². The Kier molecular flexibility index (Phi) is 7.70. The van der Waals surface area contributed by atoms with Crippen molar-refractivity contribution in [2.24, 2.45) is 0 Å². The molecule has 0 saturated carbocycles. The van der Waals surface area contributed by atoms with Gasteiger partial charge in [-0.1, -0.05) is 62.7 Å². The van der Waals surface area contributed by atoms with Gasteiger partial charge in [0.25, 0.3) is 5.91 Å². The lowest BCUT2D eigenvalue weighted by Gasteiger charge is -2.26. The number of rotatable bonds is 7. The monoisotopic (exact) mass is 532 g/mol. The molecule has 4 aromatic rings. The number of ether oxygens (including phenoxy) is 2. The molecule has 1 aromatic heterocycles. The van der Waals surface area contributed by atoms with Gasteiger partial charge < -0.3 is 14.8 Å². The lowest BCUT2D eigenvalue weighted by atomic mass is 9.92. The Labute approximate surface area is 228 Å². The highest BCUT2D eigenvalue weighted by Crippen LogP contribution is 2.32. The summed E-state index contributed by atoms with van der Waals surface area (Å²) < 4.78 is 13.3. The van der Waals surface area contributed by atoms with Crippen molar-refractivity contribution >= 4 is 34.0 Å². The van der Waals surface area contributed by atoms with Crippen LogP contribution in [0.4, 0.5) is 5.69 Å². The zero-order valence-electron chi connectivity index (χ0n) is 22.0. The molecule has 8 heteroatoms.